The van der Waals surface area contributed by atoms with Crippen LogP contribution in [0.1, 0.15) is 15.9 Å². The molecule has 0 atom stereocenters. The largest absolute Gasteiger partial charge is 0.489 e. The van der Waals surface area contributed by atoms with E-state index >= 15 is 0 Å². The Balaban J connectivity index is 0.00000450. The summed E-state index contributed by atoms with van der Waals surface area (Å²) < 4.78 is 19.1. The van der Waals surface area contributed by atoms with E-state index in [-0.39, 0.29) is 41.5 Å². The summed E-state index contributed by atoms with van der Waals surface area (Å²) in [5.74, 6) is 0.594. The van der Waals surface area contributed by atoms with Crippen molar-refractivity contribution >= 4 is 35.8 Å². The first-order valence-electron chi connectivity index (χ1n) is 9.52. The van der Waals surface area contributed by atoms with Gasteiger partial charge in [0.25, 0.3) is 5.91 Å². The molecule has 1 amide bonds. The van der Waals surface area contributed by atoms with Crippen LogP contribution < -0.4 is 10.1 Å². The van der Waals surface area contributed by atoms with Gasteiger partial charge < -0.3 is 19.9 Å². The lowest BCUT2D eigenvalue weighted by molar-refractivity contribution is 0.0827. The third-order valence-corrected chi connectivity index (χ3v) is 4.37. The Morgan fingerprint density at radius 1 is 1.13 bits per heavy atom. The Morgan fingerprint density at radius 3 is 2.53 bits per heavy atom. The van der Waals surface area contributed by atoms with Crippen LogP contribution in [0.4, 0.5) is 4.39 Å². The van der Waals surface area contributed by atoms with E-state index in [1.165, 1.54) is 6.07 Å². The first-order chi connectivity index (χ1) is 13.9. The SMILES string of the molecule is CN=C(NCCc1cccc(C(=O)N(C)C)c1)N(C)CCOc1ccccc1F.I. The number of carbonyl (C=O) groups excluding carboxylic acids is 1. The molecule has 0 unspecified atom stereocenters. The lowest BCUT2D eigenvalue weighted by Gasteiger charge is -2.22. The van der Waals surface area contributed by atoms with Gasteiger partial charge in [-0.25, -0.2) is 4.39 Å². The van der Waals surface area contributed by atoms with Gasteiger partial charge in [-0.1, -0.05) is 24.3 Å². The van der Waals surface area contributed by atoms with E-state index in [0.717, 1.165) is 17.9 Å². The molecule has 164 valence electrons. The predicted octanol–water partition coefficient (Wildman–Crippen LogP) is 3.27. The smallest absolute Gasteiger partial charge is 0.253 e. The Kier molecular flexibility index (Phi) is 11.2. The van der Waals surface area contributed by atoms with Crippen LogP contribution >= 0.6 is 24.0 Å². The zero-order chi connectivity index (χ0) is 21.2. The van der Waals surface area contributed by atoms with Crippen molar-refractivity contribution in [2.45, 2.75) is 6.42 Å². The lowest BCUT2D eigenvalue weighted by Crippen LogP contribution is -2.41. The van der Waals surface area contributed by atoms with Crippen molar-refractivity contribution < 1.29 is 13.9 Å². The molecular formula is C22H30FIN4O2. The molecule has 8 heteroatoms. The van der Waals surface area contributed by atoms with Gasteiger partial charge in [0.05, 0.1) is 6.54 Å². The zero-order valence-corrected chi connectivity index (χ0v) is 20.2. The Morgan fingerprint density at radius 2 is 1.87 bits per heavy atom. The van der Waals surface area contributed by atoms with Crippen molar-refractivity contribution in [2.24, 2.45) is 4.99 Å². The number of hydrogen-bond donors (Lipinski definition) is 1. The highest BCUT2D eigenvalue weighted by atomic mass is 127. The third-order valence-electron chi connectivity index (χ3n) is 4.37. The first-order valence-corrected chi connectivity index (χ1v) is 9.52. The Labute approximate surface area is 195 Å². The van der Waals surface area contributed by atoms with Gasteiger partial charge in [-0.2, -0.15) is 0 Å². The number of halogens is 2. The highest BCUT2D eigenvalue weighted by Gasteiger charge is 2.09. The predicted molar refractivity (Wildman–Crippen MR) is 129 cm³/mol. The molecule has 1 N–H and O–H groups in total. The Bertz CT molecular complexity index is 845. The maximum Gasteiger partial charge on any atom is 0.253 e. The average molecular weight is 528 g/mol. The number of nitrogens with zero attached hydrogens (tertiary/aromatic N) is 3. The molecule has 6 nitrogen and oxygen atoms in total. The van der Waals surface area contributed by atoms with Crippen molar-refractivity contribution in [3.63, 3.8) is 0 Å². The van der Waals surface area contributed by atoms with Crippen molar-refractivity contribution in [2.75, 3.05) is 47.9 Å². The van der Waals surface area contributed by atoms with Crippen LogP contribution in [-0.4, -0.2) is 69.6 Å². The molecule has 2 rings (SSSR count). The molecule has 2 aromatic rings. The molecule has 0 aromatic heterocycles. The van der Waals surface area contributed by atoms with E-state index < -0.39 is 0 Å². The number of ether oxygens (including phenoxy) is 1. The first kappa shape index (κ1) is 25.7. The summed E-state index contributed by atoms with van der Waals surface area (Å²) in [6.45, 7) is 1.57. The van der Waals surface area contributed by atoms with Crippen LogP contribution in [-0.2, 0) is 6.42 Å². The number of carbonyl (C=O) groups is 1. The highest BCUT2D eigenvalue weighted by molar-refractivity contribution is 14.0. The highest BCUT2D eigenvalue weighted by Crippen LogP contribution is 2.15. The second-order valence-electron chi connectivity index (χ2n) is 6.82. The maximum absolute atomic E-state index is 13.6. The van der Waals surface area contributed by atoms with Gasteiger partial charge in [0.15, 0.2) is 17.5 Å². The number of para-hydroxylation sites is 1. The number of likely N-dealkylation sites (N-methyl/N-ethyl adjacent to an activating group) is 1. The number of hydrogen-bond acceptors (Lipinski definition) is 3. The van der Waals surface area contributed by atoms with Crippen molar-refractivity contribution in [3.05, 3.63) is 65.5 Å². The molecule has 0 fully saturated rings. The molecule has 0 radical (unpaired) electrons. The third kappa shape index (κ3) is 7.81. The minimum Gasteiger partial charge on any atom is -0.489 e. The molecule has 30 heavy (non-hydrogen) atoms. The van der Waals surface area contributed by atoms with Crippen molar-refractivity contribution in [1.29, 1.82) is 0 Å². The monoisotopic (exact) mass is 528 g/mol. The molecule has 0 saturated carbocycles. The van der Waals surface area contributed by atoms with Gasteiger partial charge in [-0.15, -0.1) is 24.0 Å². The summed E-state index contributed by atoms with van der Waals surface area (Å²) in [4.78, 5) is 19.9. The lowest BCUT2D eigenvalue weighted by atomic mass is 10.1. The molecule has 0 saturated heterocycles. The van der Waals surface area contributed by atoms with Gasteiger partial charge in [0.2, 0.25) is 0 Å². The summed E-state index contributed by atoms with van der Waals surface area (Å²) in [5, 5.41) is 3.30. The van der Waals surface area contributed by atoms with Crippen LogP contribution in [0.15, 0.2) is 53.5 Å². The average Bonchev–Trinajstić information content (AvgIpc) is 2.72. The van der Waals surface area contributed by atoms with Crippen LogP contribution in [0.2, 0.25) is 0 Å². The molecule has 0 bridgehead atoms. The van der Waals surface area contributed by atoms with E-state index in [9.17, 15) is 9.18 Å². The molecule has 0 aliphatic rings. The van der Waals surface area contributed by atoms with E-state index in [0.29, 0.717) is 25.3 Å². The summed E-state index contributed by atoms with van der Waals surface area (Å²) in [5.41, 5.74) is 1.76. The fourth-order valence-corrected chi connectivity index (χ4v) is 2.78. The molecule has 2 aromatic carbocycles. The molecule has 0 aliphatic carbocycles. The number of amides is 1. The molecule has 0 heterocycles. The fourth-order valence-electron chi connectivity index (χ4n) is 2.78. The number of nitrogens with one attached hydrogen (secondary N) is 1. The minimum atomic E-state index is -0.368. The number of guanidine groups is 1. The molecule has 0 aliphatic heterocycles. The maximum atomic E-state index is 13.6. The van der Waals surface area contributed by atoms with Crippen molar-refractivity contribution in [3.8, 4) is 5.75 Å². The fraction of sp³-hybridized carbons (Fsp3) is 0.364. The van der Waals surface area contributed by atoms with Gasteiger partial charge >= 0.3 is 0 Å². The van der Waals surface area contributed by atoms with Gasteiger partial charge in [0.1, 0.15) is 6.61 Å². The second kappa shape index (κ2) is 13.0. The summed E-state index contributed by atoms with van der Waals surface area (Å²) in [6.07, 6.45) is 0.757. The van der Waals surface area contributed by atoms with Crippen LogP contribution in [0.5, 0.6) is 5.75 Å². The minimum absolute atomic E-state index is 0. The van der Waals surface area contributed by atoms with Crippen LogP contribution in [0.25, 0.3) is 0 Å². The van der Waals surface area contributed by atoms with Crippen LogP contribution in [0, 0.1) is 5.82 Å². The number of rotatable bonds is 8. The molecule has 0 spiro atoms. The van der Waals surface area contributed by atoms with E-state index in [2.05, 4.69) is 10.3 Å². The van der Waals surface area contributed by atoms with E-state index in [4.69, 9.17) is 4.74 Å². The Hall–Kier alpha value is -2.36. The van der Waals surface area contributed by atoms with Gasteiger partial charge in [-0.05, 0) is 36.2 Å². The summed E-state index contributed by atoms with van der Waals surface area (Å²) in [7, 11) is 7.10. The standard InChI is InChI=1S/C22H29FN4O2.HI/c1-24-22(27(4)14-15-29-20-11-6-5-10-19(20)23)25-13-12-17-8-7-9-18(16-17)21(28)26(2)3;/h5-11,16H,12-15H2,1-4H3,(H,24,25);1H. The van der Waals surface area contributed by atoms with E-state index in [1.807, 2.05) is 36.2 Å². The van der Waals surface area contributed by atoms with E-state index in [1.54, 1.807) is 44.2 Å². The summed E-state index contributed by atoms with van der Waals surface area (Å²) in [6, 6.07) is 14.0. The quantitative estimate of drug-likeness (QED) is 0.325. The zero-order valence-electron chi connectivity index (χ0n) is 17.9. The number of aliphatic imine (C=N–C) groups is 1. The van der Waals surface area contributed by atoms with Crippen LogP contribution in [0.3, 0.4) is 0 Å². The normalized spacial score (nSPS) is 10.8. The van der Waals surface area contributed by atoms with Gasteiger partial charge in [0, 0.05) is 40.3 Å². The summed E-state index contributed by atoms with van der Waals surface area (Å²) >= 11 is 0. The topological polar surface area (TPSA) is 57.2 Å². The van der Waals surface area contributed by atoms with Gasteiger partial charge in [-0.3, -0.25) is 9.79 Å². The number of benzene rings is 2. The second-order valence-corrected chi connectivity index (χ2v) is 6.82. The molecular weight excluding hydrogens is 498 g/mol. The van der Waals surface area contributed by atoms with Crippen molar-refractivity contribution in [1.82, 2.24) is 15.1 Å².